The Balaban J connectivity index is 1.82. The zero-order valence-electron chi connectivity index (χ0n) is 11.8. The van der Waals surface area contributed by atoms with Crippen molar-refractivity contribution in [3.05, 3.63) is 35.4 Å². The molecule has 2 nitrogen and oxygen atoms in total. The Hall–Kier alpha value is -0.860. The summed E-state index contributed by atoms with van der Waals surface area (Å²) in [5.41, 5.74) is 2.26. The predicted octanol–water partition coefficient (Wildman–Crippen LogP) is 3.15. The van der Waals surface area contributed by atoms with Crippen LogP contribution in [0, 0.1) is 12.8 Å². The highest BCUT2D eigenvalue weighted by Gasteiger charge is 2.30. The zero-order valence-corrected chi connectivity index (χ0v) is 11.8. The molecule has 1 aromatic carbocycles. The summed E-state index contributed by atoms with van der Waals surface area (Å²) in [4.78, 5) is 2.39. The fourth-order valence-electron chi connectivity index (χ4n) is 2.51. The van der Waals surface area contributed by atoms with E-state index in [0.717, 1.165) is 24.4 Å². The molecule has 1 aliphatic carbocycles. The topological polar surface area (TPSA) is 23.5 Å². The standard InChI is InChI=1S/C16H25NO/c1-12-5-4-6-15(11-12)16(18)9-10-17(3)13(2)14-7-8-14/h4-6,11,13-14,16,18H,7-10H2,1-3H3. The summed E-state index contributed by atoms with van der Waals surface area (Å²) in [6.45, 7) is 5.33. The third-order valence-electron chi connectivity index (χ3n) is 4.18. The van der Waals surface area contributed by atoms with Gasteiger partial charge in [0.2, 0.25) is 0 Å². The van der Waals surface area contributed by atoms with Crippen molar-refractivity contribution in [3.8, 4) is 0 Å². The van der Waals surface area contributed by atoms with Crippen molar-refractivity contribution in [1.82, 2.24) is 4.90 Å². The van der Waals surface area contributed by atoms with Crippen molar-refractivity contribution in [1.29, 1.82) is 0 Å². The van der Waals surface area contributed by atoms with Crippen LogP contribution in [0.15, 0.2) is 24.3 Å². The molecule has 18 heavy (non-hydrogen) atoms. The van der Waals surface area contributed by atoms with Crippen LogP contribution in [-0.2, 0) is 0 Å². The molecule has 0 aromatic heterocycles. The summed E-state index contributed by atoms with van der Waals surface area (Å²) < 4.78 is 0. The summed E-state index contributed by atoms with van der Waals surface area (Å²) in [5.74, 6) is 0.895. The molecule has 1 N–H and O–H groups in total. The molecular weight excluding hydrogens is 222 g/mol. The summed E-state index contributed by atoms with van der Waals surface area (Å²) in [6, 6.07) is 8.84. The third-order valence-corrected chi connectivity index (χ3v) is 4.18. The largest absolute Gasteiger partial charge is 0.388 e. The van der Waals surface area contributed by atoms with Crippen LogP contribution in [0.2, 0.25) is 0 Å². The van der Waals surface area contributed by atoms with Crippen molar-refractivity contribution >= 4 is 0 Å². The van der Waals surface area contributed by atoms with Crippen molar-refractivity contribution in [2.75, 3.05) is 13.6 Å². The Morgan fingerprint density at radius 2 is 2.11 bits per heavy atom. The maximum Gasteiger partial charge on any atom is 0.0802 e. The monoisotopic (exact) mass is 247 g/mol. The van der Waals surface area contributed by atoms with Crippen LogP contribution < -0.4 is 0 Å². The summed E-state index contributed by atoms with van der Waals surface area (Å²) in [7, 11) is 2.17. The van der Waals surface area contributed by atoms with Gasteiger partial charge in [0.15, 0.2) is 0 Å². The van der Waals surface area contributed by atoms with Gasteiger partial charge in [-0.3, -0.25) is 0 Å². The molecule has 0 amide bonds. The lowest BCUT2D eigenvalue weighted by Crippen LogP contribution is -2.32. The van der Waals surface area contributed by atoms with Crippen LogP contribution in [0.5, 0.6) is 0 Å². The number of hydrogen-bond acceptors (Lipinski definition) is 2. The number of hydrogen-bond donors (Lipinski definition) is 1. The second kappa shape index (κ2) is 5.85. The molecule has 0 heterocycles. The van der Waals surface area contributed by atoms with E-state index in [9.17, 15) is 5.11 Å². The molecule has 1 saturated carbocycles. The number of aliphatic hydroxyl groups excluding tert-OH is 1. The average molecular weight is 247 g/mol. The molecule has 1 aliphatic rings. The van der Waals surface area contributed by atoms with E-state index in [1.54, 1.807) is 0 Å². The number of rotatable bonds is 6. The third kappa shape index (κ3) is 3.56. The van der Waals surface area contributed by atoms with Crippen molar-refractivity contribution in [3.63, 3.8) is 0 Å². The van der Waals surface area contributed by atoms with Crippen LogP contribution in [0.3, 0.4) is 0 Å². The minimum atomic E-state index is -0.334. The van der Waals surface area contributed by atoms with Crippen LogP contribution in [0.4, 0.5) is 0 Å². The first-order chi connectivity index (χ1) is 8.58. The fourth-order valence-corrected chi connectivity index (χ4v) is 2.51. The molecule has 1 aromatic rings. The first kappa shape index (κ1) is 13.6. The predicted molar refractivity (Wildman–Crippen MR) is 75.6 cm³/mol. The van der Waals surface area contributed by atoms with Gasteiger partial charge in [0.1, 0.15) is 0 Å². The van der Waals surface area contributed by atoms with Gasteiger partial charge in [-0.15, -0.1) is 0 Å². The van der Waals surface area contributed by atoms with Gasteiger partial charge in [-0.2, -0.15) is 0 Å². The maximum absolute atomic E-state index is 10.2. The molecular formula is C16H25NO. The second-order valence-corrected chi connectivity index (χ2v) is 5.78. The molecule has 1 fully saturated rings. The fraction of sp³-hybridized carbons (Fsp3) is 0.625. The maximum atomic E-state index is 10.2. The Labute approximate surface area is 111 Å². The molecule has 2 atom stereocenters. The van der Waals surface area contributed by atoms with Gasteiger partial charge in [-0.25, -0.2) is 0 Å². The highest BCUT2D eigenvalue weighted by atomic mass is 16.3. The van der Waals surface area contributed by atoms with E-state index in [4.69, 9.17) is 0 Å². The lowest BCUT2D eigenvalue weighted by Gasteiger charge is -2.25. The van der Waals surface area contributed by atoms with Gasteiger partial charge < -0.3 is 10.0 Å². The summed E-state index contributed by atoms with van der Waals surface area (Å²) in [5, 5.41) is 10.2. The van der Waals surface area contributed by atoms with E-state index in [0.29, 0.717) is 6.04 Å². The first-order valence-electron chi connectivity index (χ1n) is 7.03. The number of aryl methyl sites for hydroxylation is 1. The molecule has 0 bridgehead atoms. The van der Waals surface area contributed by atoms with Gasteiger partial charge in [-0.05, 0) is 51.6 Å². The molecule has 0 saturated heterocycles. The number of nitrogens with zero attached hydrogens (tertiary/aromatic N) is 1. The Bertz CT molecular complexity index is 386. The number of benzene rings is 1. The molecule has 0 aliphatic heterocycles. The lowest BCUT2D eigenvalue weighted by atomic mass is 10.0. The van der Waals surface area contributed by atoms with E-state index in [-0.39, 0.29) is 6.10 Å². The van der Waals surface area contributed by atoms with E-state index in [1.807, 2.05) is 12.1 Å². The number of aliphatic hydroxyl groups is 1. The van der Waals surface area contributed by atoms with Crippen molar-refractivity contribution < 1.29 is 5.11 Å². The van der Waals surface area contributed by atoms with E-state index >= 15 is 0 Å². The summed E-state index contributed by atoms with van der Waals surface area (Å²) >= 11 is 0. The second-order valence-electron chi connectivity index (χ2n) is 5.78. The smallest absolute Gasteiger partial charge is 0.0802 e. The van der Waals surface area contributed by atoms with Crippen LogP contribution in [0.25, 0.3) is 0 Å². The lowest BCUT2D eigenvalue weighted by molar-refractivity contribution is 0.135. The van der Waals surface area contributed by atoms with Crippen molar-refractivity contribution in [2.24, 2.45) is 5.92 Å². The molecule has 2 rings (SSSR count). The Kier molecular flexibility index (Phi) is 4.41. The van der Waals surface area contributed by atoms with Crippen LogP contribution in [-0.4, -0.2) is 29.6 Å². The highest BCUT2D eigenvalue weighted by molar-refractivity contribution is 5.23. The van der Waals surface area contributed by atoms with E-state index in [1.165, 1.54) is 18.4 Å². The first-order valence-corrected chi connectivity index (χ1v) is 7.03. The van der Waals surface area contributed by atoms with Gasteiger partial charge >= 0.3 is 0 Å². The molecule has 0 spiro atoms. The normalized spacial score (nSPS) is 18.9. The Morgan fingerprint density at radius 3 is 2.72 bits per heavy atom. The van der Waals surface area contributed by atoms with Gasteiger partial charge in [0.05, 0.1) is 6.10 Å². The van der Waals surface area contributed by atoms with Gasteiger partial charge in [0, 0.05) is 12.6 Å². The van der Waals surface area contributed by atoms with Gasteiger partial charge in [0.25, 0.3) is 0 Å². The quantitative estimate of drug-likeness (QED) is 0.834. The van der Waals surface area contributed by atoms with Crippen LogP contribution >= 0.6 is 0 Å². The summed E-state index contributed by atoms with van der Waals surface area (Å²) in [6.07, 6.45) is 3.24. The van der Waals surface area contributed by atoms with Crippen molar-refractivity contribution in [2.45, 2.75) is 45.3 Å². The average Bonchev–Trinajstić information content (AvgIpc) is 3.18. The SMILES string of the molecule is Cc1cccc(C(O)CCN(C)C(C)C2CC2)c1. The highest BCUT2D eigenvalue weighted by Crippen LogP contribution is 2.34. The minimum Gasteiger partial charge on any atom is -0.388 e. The molecule has 2 unspecified atom stereocenters. The zero-order chi connectivity index (χ0) is 13.1. The Morgan fingerprint density at radius 1 is 1.39 bits per heavy atom. The molecule has 100 valence electrons. The van der Waals surface area contributed by atoms with Crippen LogP contribution in [0.1, 0.15) is 43.4 Å². The minimum absolute atomic E-state index is 0.334. The van der Waals surface area contributed by atoms with Gasteiger partial charge in [-0.1, -0.05) is 29.8 Å². The van der Waals surface area contributed by atoms with E-state index < -0.39 is 0 Å². The molecule has 0 radical (unpaired) electrons. The molecule has 2 heteroatoms. The van der Waals surface area contributed by atoms with E-state index in [2.05, 4.69) is 37.9 Å².